The van der Waals surface area contributed by atoms with Crippen LogP contribution in [-0.2, 0) is 9.54 Å². The van der Waals surface area contributed by atoms with Gasteiger partial charge in [-0.2, -0.15) is 0 Å². The van der Waals surface area contributed by atoms with Gasteiger partial charge in [0.1, 0.15) is 0 Å². The number of carboxylic acids is 1. The fourth-order valence-electron chi connectivity index (χ4n) is 4.24. The molecule has 1 N–H and O–H groups in total. The number of benzene rings is 3. The molecule has 0 heterocycles. The molecule has 1 fully saturated rings. The van der Waals surface area contributed by atoms with Crippen molar-refractivity contribution in [3.8, 4) is 0 Å². The highest BCUT2D eigenvalue weighted by Gasteiger charge is 2.42. The smallest absolute Gasteiger partial charge is 0.306 e. The minimum atomic E-state index is -0.659. The maximum atomic E-state index is 11.5. The molecule has 0 spiro atoms. The second kappa shape index (κ2) is 8.24. The van der Waals surface area contributed by atoms with Crippen molar-refractivity contribution >= 4 is 17.7 Å². The largest absolute Gasteiger partial charge is 0.481 e. The molecule has 1 aliphatic rings. The van der Waals surface area contributed by atoms with Crippen LogP contribution in [0.15, 0.2) is 91.0 Å². The van der Waals surface area contributed by atoms with E-state index in [9.17, 15) is 9.90 Å². The zero-order valence-corrected chi connectivity index (χ0v) is 16.5. The fraction of sp³-hybridized carbons (Fsp3) is 0.240. The van der Waals surface area contributed by atoms with Crippen LogP contribution in [0.1, 0.15) is 36.0 Å². The maximum absolute atomic E-state index is 11.5. The van der Waals surface area contributed by atoms with Crippen molar-refractivity contribution in [1.29, 1.82) is 0 Å². The SMILES string of the molecule is O=C(O)[C@@H]1CC[C@H](SC(c2ccccc2)(c2ccccc2)c2ccccc2)C1. The summed E-state index contributed by atoms with van der Waals surface area (Å²) >= 11 is 1.92. The third-order valence-corrected chi connectivity index (χ3v) is 7.44. The molecule has 28 heavy (non-hydrogen) atoms. The number of carbonyl (C=O) groups is 1. The lowest BCUT2D eigenvalue weighted by Crippen LogP contribution is -2.28. The summed E-state index contributed by atoms with van der Waals surface area (Å²) in [4.78, 5) is 11.5. The van der Waals surface area contributed by atoms with Crippen molar-refractivity contribution in [3.63, 3.8) is 0 Å². The Kier molecular flexibility index (Phi) is 5.54. The van der Waals surface area contributed by atoms with Gasteiger partial charge in [0.15, 0.2) is 0 Å². The summed E-state index contributed by atoms with van der Waals surface area (Å²) in [6, 6.07) is 31.8. The van der Waals surface area contributed by atoms with E-state index in [4.69, 9.17) is 0 Å². The molecule has 4 rings (SSSR count). The fourth-order valence-corrected chi connectivity index (χ4v) is 6.14. The van der Waals surface area contributed by atoms with E-state index in [-0.39, 0.29) is 10.7 Å². The molecule has 0 amide bonds. The minimum absolute atomic E-state index is 0.225. The molecule has 0 saturated heterocycles. The van der Waals surface area contributed by atoms with Gasteiger partial charge in [-0.1, -0.05) is 91.0 Å². The molecule has 1 saturated carbocycles. The average molecular weight is 389 g/mol. The van der Waals surface area contributed by atoms with E-state index in [0.29, 0.717) is 5.25 Å². The van der Waals surface area contributed by atoms with Crippen LogP contribution >= 0.6 is 11.8 Å². The molecule has 2 nitrogen and oxygen atoms in total. The molecule has 0 aromatic heterocycles. The first-order chi connectivity index (χ1) is 13.7. The topological polar surface area (TPSA) is 37.3 Å². The highest BCUT2D eigenvalue weighted by atomic mass is 32.2. The van der Waals surface area contributed by atoms with Crippen molar-refractivity contribution in [2.75, 3.05) is 0 Å². The molecule has 2 atom stereocenters. The highest BCUT2D eigenvalue weighted by molar-refractivity contribution is 8.01. The predicted octanol–water partition coefficient (Wildman–Crippen LogP) is 5.97. The van der Waals surface area contributed by atoms with Crippen LogP contribution in [0.2, 0.25) is 0 Å². The minimum Gasteiger partial charge on any atom is -0.481 e. The van der Waals surface area contributed by atoms with E-state index in [1.54, 1.807) is 0 Å². The Morgan fingerprint density at radius 2 is 1.18 bits per heavy atom. The van der Waals surface area contributed by atoms with Crippen molar-refractivity contribution < 1.29 is 9.90 Å². The molecule has 0 radical (unpaired) electrons. The Balaban J connectivity index is 1.85. The van der Waals surface area contributed by atoms with Crippen molar-refractivity contribution in [1.82, 2.24) is 0 Å². The molecular weight excluding hydrogens is 364 g/mol. The van der Waals surface area contributed by atoms with Gasteiger partial charge in [0.2, 0.25) is 0 Å². The Bertz CT molecular complexity index is 812. The molecule has 0 bridgehead atoms. The van der Waals surface area contributed by atoms with Gasteiger partial charge in [0.05, 0.1) is 10.7 Å². The molecule has 1 aliphatic carbocycles. The highest BCUT2D eigenvalue weighted by Crippen LogP contribution is 2.53. The quantitative estimate of drug-likeness (QED) is 0.529. The van der Waals surface area contributed by atoms with Crippen LogP contribution in [0.4, 0.5) is 0 Å². The van der Waals surface area contributed by atoms with Crippen LogP contribution in [-0.4, -0.2) is 16.3 Å². The second-order valence-electron chi connectivity index (χ2n) is 7.37. The Labute approximate surface area is 170 Å². The molecule has 142 valence electrons. The molecule has 0 aliphatic heterocycles. The number of hydrogen-bond acceptors (Lipinski definition) is 2. The summed E-state index contributed by atoms with van der Waals surface area (Å²) in [7, 11) is 0. The Hall–Kier alpha value is -2.52. The van der Waals surface area contributed by atoms with E-state index in [2.05, 4.69) is 72.8 Å². The van der Waals surface area contributed by atoms with Crippen molar-refractivity contribution in [2.45, 2.75) is 29.3 Å². The molecule has 0 unspecified atom stereocenters. The van der Waals surface area contributed by atoms with Crippen LogP contribution in [0, 0.1) is 5.92 Å². The van der Waals surface area contributed by atoms with Gasteiger partial charge in [0, 0.05) is 5.25 Å². The number of rotatable bonds is 6. The third kappa shape index (κ3) is 3.59. The molecule has 3 aromatic carbocycles. The normalized spacial score (nSPS) is 19.4. The number of aliphatic carboxylic acids is 1. The van der Waals surface area contributed by atoms with E-state index < -0.39 is 5.97 Å². The van der Waals surface area contributed by atoms with Gasteiger partial charge in [-0.3, -0.25) is 4.79 Å². The monoisotopic (exact) mass is 388 g/mol. The maximum Gasteiger partial charge on any atom is 0.306 e. The number of hydrogen-bond donors (Lipinski definition) is 1. The summed E-state index contributed by atoms with van der Waals surface area (Å²) < 4.78 is -0.359. The lowest BCUT2D eigenvalue weighted by molar-refractivity contribution is -0.141. The molecule has 3 heteroatoms. The van der Waals surface area contributed by atoms with E-state index in [1.165, 1.54) is 16.7 Å². The van der Waals surface area contributed by atoms with E-state index >= 15 is 0 Å². The summed E-state index contributed by atoms with van der Waals surface area (Å²) in [5, 5.41) is 9.78. The van der Waals surface area contributed by atoms with Gasteiger partial charge < -0.3 is 5.11 Å². The number of thioether (sulfide) groups is 1. The second-order valence-corrected chi connectivity index (χ2v) is 8.88. The molecular formula is C25H24O2S. The zero-order chi connectivity index (χ0) is 19.4. The van der Waals surface area contributed by atoms with Gasteiger partial charge in [-0.25, -0.2) is 0 Å². The van der Waals surface area contributed by atoms with Crippen molar-refractivity contribution in [2.24, 2.45) is 5.92 Å². The van der Waals surface area contributed by atoms with Crippen LogP contribution in [0.5, 0.6) is 0 Å². The van der Waals surface area contributed by atoms with Gasteiger partial charge in [-0.15, -0.1) is 11.8 Å². The van der Waals surface area contributed by atoms with Crippen LogP contribution < -0.4 is 0 Å². The summed E-state index contributed by atoms with van der Waals surface area (Å²) in [6.45, 7) is 0. The number of carboxylic acid groups (broad SMARTS) is 1. The lowest BCUT2D eigenvalue weighted by atomic mass is 9.84. The lowest BCUT2D eigenvalue weighted by Gasteiger charge is -2.37. The summed E-state index contributed by atoms with van der Waals surface area (Å²) in [6.07, 6.45) is 2.44. The van der Waals surface area contributed by atoms with Gasteiger partial charge >= 0.3 is 5.97 Å². The molecule has 3 aromatic rings. The first-order valence-electron chi connectivity index (χ1n) is 9.77. The van der Waals surface area contributed by atoms with Crippen LogP contribution in [0.3, 0.4) is 0 Å². The van der Waals surface area contributed by atoms with Gasteiger partial charge in [-0.05, 0) is 36.0 Å². The predicted molar refractivity (Wildman–Crippen MR) is 116 cm³/mol. The average Bonchev–Trinajstić information content (AvgIpc) is 3.23. The Morgan fingerprint density at radius 3 is 1.54 bits per heavy atom. The first-order valence-corrected chi connectivity index (χ1v) is 10.7. The van der Waals surface area contributed by atoms with Crippen LogP contribution in [0.25, 0.3) is 0 Å². The van der Waals surface area contributed by atoms with E-state index in [0.717, 1.165) is 19.3 Å². The Morgan fingerprint density at radius 1 is 0.750 bits per heavy atom. The summed E-state index contributed by atoms with van der Waals surface area (Å²) in [5.41, 5.74) is 3.70. The van der Waals surface area contributed by atoms with E-state index in [1.807, 2.05) is 30.0 Å². The zero-order valence-electron chi connectivity index (χ0n) is 15.7. The summed E-state index contributed by atoms with van der Waals surface area (Å²) in [5.74, 6) is -0.884. The standard InChI is InChI=1S/C25H24O2S/c26-24(27)19-16-17-23(18-19)28-25(20-10-4-1-5-11-20,21-12-6-2-7-13-21)22-14-8-3-9-15-22/h1-15,19,23H,16-18H2,(H,26,27)/t19-,23+/m1/s1. The van der Waals surface area contributed by atoms with Crippen molar-refractivity contribution in [3.05, 3.63) is 108 Å². The first kappa shape index (κ1) is 18.8. The van der Waals surface area contributed by atoms with Gasteiger partial charge in [0.25, 0.3) is 0 Å². The third-order valence-electron chi connectivity index (χ3n) is 5.62.